The SMILES string of the molecule is C=CC(C)(/C=C/c1ccc(OC)cc1)c1ccccc1.C=Cc1ccc(OC)cc1.CC1(c2ccccc2)C=C1.PP.S=S. The van der Waals surface area contributed by atoms with Crippen molar-refractivity contribution in [3.63, 3.8) is 0 Å². The fraction of sp³-hybridized carbons (Fsp3) is 0.158. The molecule has 0 radical (unpaired) electrons. The van der Waals surface area contributed by atoms with Crippen LogP contribution in [-0.4, -0.2) is 14.2 Å². The first-order chi connectivity index (χ1) is 21.4. The predicted molar refractivity (Wildman–Crippen MR) is 206 cm³/mol. The van der Waals surface area contributed by atoms with Crippen LogP contribution < -0.4 is 9.47 Å². The Hall–Kier alpha value is -3.26. The fourth-order valence-electron chi connectivity index (χ4n) is 3.92. The Labute approximate surface area is 280 Å². The average Bonchev–Trinajstić information content (AvgIpc) is 3.88. The third kappa shape index (κ3) is 13.2. The summed E-state index contributed by atoms with van der Waals surface area (Å²) in [6.07, 6.45) is 12.5. The molecule has 0 N–H and O–H groups in total. The Balaban J connectivity index is 0.000000339. The highest BCUT2D eigenvalue weighted by atomic mass is 32.8. The molecule has 230 valence electrons. The third-order valence-electron chi connectivity index (χ3n) is 6.97. The van der Waals surface area contributed by atoms with E-state index in [2.05, 4.69) is 146 Å². The van der Waals surface area contributed by atoms with Crippen molar-refractivity contribution in [2.24, 2.45) is 0 Å². The van der Waals surface area contributed by atoms with E-state index in [1.807, 2.05) is 60.7 Å². The molecule has 0 saturated carbocycles. The molecule has 5 rings (SSSR count). The smallest absolute Gasteiger partial charge is 0.118 e. The van der Waals surface area contributed by atoms with Gasteiger partial charge in [-0.2, -0.15) is 0 Å². The first-order valence-corrected chi connectivity index (χ1v) is 17.9. The number of methoxy groups -OCH3 is 2. The molecule has 4 aromatic carbocycles. The molecule has 0 aromatic heterocycles. The summed E-state index contributed by atoms with van der Waals surface area (Å²) in [5, 5.41) is 0. The Morgan fingerprint density at radius 1 is 0.682 bits per heavy atom. The lowest BCUT2D eigenvalue weighted by molar-refractivity contribution is 0.414. The van der Waals surface area contributed by atoms with Crippen molar-refractivity contribution >= 4 is 52.4 Å². The van der Waals surface area contributed by atoms with Crippen molar-refractivity contribution in [3.05, 3.63) is 169 Å². The summed E-state index contributed by atoms with van der Waals surface area (Å²) in [6.45, 7) is 12.0. The summed E-state index contributed by atoms with van der Waals surface area (Å²) in [5.41, 5.74) is 5.02. The van der Waals surface area contributed by atoms with Crippen molar-refractivity contribution in [2.45, 2.75) is 24.7 Å². The molecule has 1 aliphatic carbocycles. The molecule has 0 amide bonds. The van der Waals surface area contributed by atoms with Crippen molar-refractivity contribution < 1.29 is 9.47 Å². The van der Waals surface area contributed by atoms with Gasteiger partial charge in [0.2, 0.25) is 0 Å². The summed E-state index contributed by atoms with van der Waals surface area (Å²) in [5.74, 6) is 1.75. The zero-order valence-corrected chi connectivity index (χ0v) is 30.0. The molecule has 3 unspecified atom stereocenters. The second kappa shape index (κ2) is 21.4. The molecule has 1 aliphatic rings. The maximum Gasteiger partial charge on any atom is 0.118 e. The molecule has 6 heteroatoms. The second-order valence-electron chi connectivity index (χ2n) is 9.92. The molecule has 4 aromatic rings. The normalized spacial score (nSPS) is 12.9. The van der Waals surface area contributed by atoms with Crippen molar-refractivity contribution in [1.82, 2.24) is 0 Å². The van der Waals surface area contributed by atoms with E-state index in [1.54, 1.807) is 20.3 Å². The number of rotatable bonds is 8. The zero-order valence-electron chi connectivity index (χ0n) is 26.1. The lowest BCUT2D eigenvalue weighted by atomic mass is 9.82. The van der Waals surface area contributed by atoms with Crippen molar-refractivity contribution in [1.29, 1.82) is 0 Å². The van der Waals surface area contributed by atoms with Crippen LogP contribution in [-0.2, 0) is 33.2 Å². The van der Waals surface area contributed by atoms with E-state index in [1.165, 1.54) is 11.1 Å². The maximum absolute atomic E-state index is 5.16. The lowest BCUT2D eigenvalue weighted by Crippen LogP contribution is -2.14. The molecular weight excluding hydrogens is 614 g/mol. The van der Waals surface area contributed by atoms with E-state index < -0.39 is 0 Å². The van der Waals surface area contributed by atoms with Crippen molar-refractivity contribution in [2.75, 3.05) is 14.2 Å². The summed E-state index contributed by atoms with van der Waals surface area (Å²) in [7, 11) is 8.00. The van der Waals surface area contributed by atoms with Crippen LogP contribution in [0.25, 0.3) is 12.2 Å². The number of benzene rings is 4. The highest BCUT2D eigenvalue weighted by molar-refractivity contribution is 8.07. The molecule has 0 bridgehead atoms. The van der Waals surface area contributed by atoms with Crippen LogP contribution >= 0.6 is 17.9 Å². The van der Waals surface area contributed by atoms with E-state index >= 15 is 0 Å². The second-order valence-corrected chi connectivity index (χ2v) is 9.92. The van der Waals surface area contributed by atoms with Gasteiger partial charge in [0, 0.05) is 33.2 Å². The minimum absolute atomic E-state index is 0.165. The number of hydrogen-bond acceptors (Lipinski definition) is 4. The van der Waals surface area contributed by atoms with Crippen LogP contribution in [0.4, 0.5) is 0 Å². The van der Waals surface area contributed by atoms with Gasteiger partial charge in [0.1, 0.15) is 11.5 Å². The van der Waals surface area contributed by atoms with Gasteiger partial charge in [-0.25, -0.2) is 0 Å². The zero-order chi connectivity index (χ0) is 32.8. The van der Waals surface area contributed by atoms with Gasteiger partial charge in [-0.3, -0.25) is 0 Å². The quantitative estimate of drug-likeness (QED) is 0.139. The van der Waals surface area contributed by atoms with E-state index in [0.717, 1.165) is 22.6 Å². The summed E-state index contributed by atoms with van der Waals surface area (Å²) < 4.78 is 10.1. The van der Waals surface area contributed by atoms with Crippen LogP contribution in [0.5, 0.6) is 11.5 Å². The Bertz CT molecular complexity index is 1420. The van der Waals surface area contributed by atoms with Gasteiger partial charge in [0.05, 0.1) is 14.2 Å². The first-order valence-electron chi connectivity index (χ1n) is 13.9. The van der Waals surface area contributed by atoms with Gasteiger partial charge in [-0.1, -0.05) is 128 Å². The Morgan fingerprint density at radius 2 is 1.11 bits per heavy atom. The number of allylic oxidation sites excluding steroid dienone is 4. The number of hydrogen-bond donors (Lipinski definition) is 0. The topological polar surface area (TPSA) is 18.5 Å². The molecule has 0 spiro atoms. The van der Waals surface area contributed by atoms with Crippen LogP contribution in [0, 0.1) is 0 Å². The number of ether oxygens (including phenoxy) is 2. The molecule has 0 fully saturated rings. The van der Waals surface area contributed by atoms with Crippen LogP contribution in [0.2, 0.25) is 0 Å². The fourth-order valence-corrected chi connectivity index (χ4v) is 3.92. The third-order valence-corrected chi connectivity index (χ3v) is 6.97. The van der Waals surface area contributed by atoms with Gasteiger partial charge in [0.25, 0.3) is 0 Å². The Kier molecular flexibility index (Phi) is 18.9. The van der Waals surface area contributed by atoms with Crippen molar-refractivity contribution in [3.8, 4) is 11.5 Å². The molecular formula is C38H44O2P2S2. The van der Waals surface area contributed by atoms with Gasteiger partial charge >= 0.3 is 0 Å². The molecule has 44 heavy (non-hydrogen) atoms. The van der Waals surface area contributed by atoms with Gasteiger partial charge < -0.3 is 9.47 Å². The van der Waals surface area contributed by atoms with E-state index in [4.69, 9.17) is 9.47 Å². The minimum Gasteiger partial charge on any atom is -0.497 e. The largest absolute Gasteiger partial charge is 0.497 e. The maximum atomic E-state index is 5.16. The van der Waals surface area contributed by atoms with E-state index in [9.17, 15) is 0 Å². The van der Waals surface area contributed by atoms with E-state index in [-0.39, 0.29) is 5.41 Å². The average molecular weight is 659 g/mol. The van der Waals surface area contributed by atoms with Crippen LogP contribution in [0.3, 0.4) is 0 Å². The van der Waals surface area contributed by atoms with Crippen LogP contribution in [0.15, 0.2) is 147 Å². The van der Waals surface area contributed by atoms with E-state index in [0.29, 0.717) is 5.41 Å². The highest BCUT2D eigenvalue weighted by Crippen LogP contribution is 2.37. The minimum atomic E-state index is -0.165. The molecule has 0 saturated heterocycles. The van der Waals surface area contributed by atoms with Gasteiger partial charge in [-0.15, -0.1) is 24.4 Å². The highest BCUT2D eigenvalue weighted by Gasteiger charge is 2.29. The first kappa shape index (κ1) is 38.8. The van der Waals surface area contributed by atoms with Gasteiger partial charge in [0.15, 0.2) is 0 Å². The molecule has 3 atom stereocenters. The summed E-state index contributed by atoms with van der Waals surface area (Å²) in [4.78, 5) is 0. The summed E-state index contributed by atoms with van der Waals surface area (Å²) in [6, 6.07) is 36.7. The molecule has 2 nitrogen and oxygen atoms in total. The molecule has 0 aliphatic heterocycles. The molecule has 0 heterocycles. The predicted octanol–water partition coefficient (Wildman–Crippen LogP) is 10.4. The lowest BCUT2D eigenvalue weighted by Gasteiger charge is -2.22. The monoisotopic (exact) mass is 658 g/mol. The van der Waals surface area contributed by atoms with Crippen LogP contribution in [0.1, 0.15) is 36.1 Å². The summed E-state index contributed by atoms with van der Waals surface area (Å²) >= 11 is 7.33. The Morgan fingerprint density at radius 3 is 1.50 bits per heavy atom. The van der Waals surface area contributed by atoms with Gasteiger partial charge in [-0.05, 0) is 60.4 Å². The standard InChI is InChI=1S/C19H20O.C10H10.C9H10O.H4P2.S2/c1-4-19(2,17-8-6-5-7-9-17)15-14-16-10-12-18(20-3)13-11-16;1-10(7-8-10)9-5-3-2-4-6-9;1-3-8-4-6-9(10-2)7-5-8;2*1-2/h4-15H,1H2,2-3H3;2-8H,1H3;3-7H,1H2,2H3;1-2H2;/b15-14+;;;;.